The first-order valence-electron chi connectivity index (χ1n) is 8.02. The molecule has 0 saturated carbocycles. The molecule has 1 heterocycles. The second kappa shape index (κ2) is 7.57. The molecule has 0 saturated heterocycles. The molecule has 0 aliphatic carbocycles. The lowest BCUT2D eigenvalue weighted by Crippen LogP contribution is -2.11. The summed E-state index contributed by atoms with van der Waals surface area (Å²) in [4.78, 5) is 20.8. The van der Waals surface area contributed by atoms with Crippen LogP contribution in [0.4, 0.5) is 11.6 Å². The van der Waals surface area contributed by atoms with Gasteiger partial charge in [0.1, 0.15) is 5.75 Å². The third kappa shape index (κ3) is 4.88. The van der Waals surface area contributed by atoms with Crippen LogP contribution in [0, 0.1) is 13.8 Å². The van der Waals surface area contributed by atoms with E-state index < -0.39 is 0 Å². The number of aryl methyl sites for hydroxylation is 2. The van der Waals surface area contributed by atoms with Gasteiger partial charge in [-0.25, -0.2) is 9.97 Å². The Hall–Kier alpha value is -3.21. The lowest BCUT2D eigenvalue weighted by atomic mass is 10.2. The number of hydrogen-bond donors (Lipinski definition) is 1. The smallest absolute Gasteiger partial charge is 0.315 e. The molecule has 0 aliphatic heterocycles. The fourth-order valence-corrected chi connectivity index (χ4v) is 2.48. The van der Waals surface area contributed by atoms with E-state index in [1.165, 1.54) is 0 Å². The highest BCUT2D eigenvalue weighted by Crippen LogP contribution is 2.20. The number of carbonyl (C=O) groups excluding carboxylic acids is 1. The molecule has 0 spiro atoms. The molecule has 0 radical (unpaired) electrons. The van der Waals surface area contributed by atoms with Crippen LogP contribution < -0.4 is 10.1 Å². The van der Waals surface area contributed by atoms with E-state index in [-0.39, 0.29) is 12.4 Å². The van der Waals surface area contributed by atoms with Gasteiger partial charge in [0.2, 0.25) is 5.95 Å². The monoisotopic (exact) mass is 333 g/mol. The van der Waals surface area contributed by atoms with Crippen LogP contribution in [0.25, 0.3) is 0 Å². The summed E-state index contributed by atoms with van der Waals surface area (Å²) in [5, 5.41) is 3.14. The molecule has 126 valence electrons. The van der Waals surface area contributed by atoms with Crippen molar-refractivity contribution in [3.63, 3.8) is 0 Å². The molecule has 2 aromatic carbocycles. The molecule has 3 rings (SSSR count). The number of esters is 1. The summed E-state index contributed by atoms with van der Waals surface area (Å²) in [6, 6.07) is 18.6. The highest BCUT2D eigenvalue weighted by molar-refractivity contribution is 5.75. The molecule has 0 atom stereocenters. The highest BCUT2D eigenvalue weighted by Gasteiger charge is 2.07. The van der Waals surface area contributed by atoms with Crippen molar-refractivity contribution in [2.75, 3.05) is 5.32 Å². The van der Waals surface area contributed by atoms with E-state index in [1.54, 1.807) is 12.1 Å². The quantitative estimate of drug-likeness (QED) is 0.565. The van der Waals surface area contributed by atoms with E-state index in [1.807, 2.05) is 62.4 Å². The minimum absolute atomic E-state index is 0.235. The van der Waals surface area contributed by atoms with Crippen LogP contribution in [0.5, 0.6) is 5.75 Å². The fourth-order valence-electron chi connectivity index (χ4n) is 2.48. The number of nitrogens with one attached hydrogen (secondary N) is 1. The van der Waals surface area contributed by atoms with Crippen molar-refractivity contribution in [2.45, 2.75) is 20.3 Å². The number of anilines is 2. The Morgan fingerprint density at radius 2 is 1.68 bits per heavy atom. The Kier molecular flexibility index (Phi) is 5.04. The van der Waals surface area contributed by atoms with Gasteiger partial charge in [-0.15, -0.1) is 0 Å². The molecule has 0 fully saturated rings. The normalized spacial score (nSPS) is 10.3. The van der Waals surface area contributed by atoms with Gasteiger partial charge in [0.05, 0.1) is 6.42 Å². The standard InChI is InChI=1S/C20H19N3O2/c1-14-11-15(2)22-20(21-14)23-17-9-6-10-18(13-17)25-19(24)12-16-7-4-3-5-8-16/h3-11,13H,12H2,1-2H3,(H,21,22,23). The molecule has 1 N–H and O–H groups in total. The van der Waals surface area contributed by atoms with Crippen LogP contribution in [0.3, 0.4) is 0 Å². The summed E-state index contributed by atoms with van der Waals surface area (Å²) in [6.07, 6.45) is 0.235. The third-order valence-corrected chi connectivity index (χ3v) is 3.50. The van der Waals surface area contributed by atoms with E-state index in [9.17, 15) is 4.79 Å². The van der Waals surface area contributed by atoms with Crippen LogP contribution >= 0.6 is 0 Å². The second-order valence-electron chi connectivity index (χ2n) is 5.76. The number of ether oxygens (including phenoxy) is 1. The van der Waals surface area contributed by atoms with E-state index in [4.69, 9.17) is 4.74 Å². The van der Waals surface area contributed by atoms with Gasteiger partial charge >= 0.3 is 5.97 Å². The Bertz CT molecular complexity index is 859. The molecule has 25 heavy (non-hydrogen) atoms. The summed E-state index contributed by atoms with van der Waals surface area (Å²) >= 11 is 0. The van der Waals surface area contributed by atoms with E-state index in [0.717, 1.165) is 22.6 Å². The molecule has 5 heteroatoms. The number of aromatic nitrogens is 2. The molecule has 5 nitrogen and oxygen atoms in total. The number of nitrogens with zero attached hydrogens (tertiary/aromatic N) is 2. The van der Waals surface area contributed by atoms with Gasteiger partial charge in [-0.1, -0.05) is 36.4 Å². The number of benzene rings is 2. The molecular weight excluding hydrogens is 314 g/mol. The first kappa shape index (κ1) is 16.6. The lowest BCUT2D eigenvalue weighted by Gasteiger charge is -2.09. The van der Waals surface area contributed by atoms with Gasteiger partial charge in [-0.3, -0.25) is 4.79 Å². The van der Waals surface area contributed by atoms with Crippen molar-refractivity contribution >= 4 is 17.6 Å². The average Bonchev–Trinajstić information content (AvgIpc) is 2.55. The van der Waals surface area contributed by atoms with Crippen molar-refractivity contribution in [3.05, 3.63) is 77.6 Å². The van der Waals surface area contributed by atoms with Gasteiger partial charge in [0, 0.05) is 23.1 Å². The summed E-state index contributed by atoms with van der Waals surface area (Å²) in [6.45, 7) is 3.84. The molecule has 0 bridgehead atoms. The van der Waals surface area contributed by atoms with E-state index in [0.29, 0.717) is 11.7 Å². The van der Waals surface area contributed by atoms with Crippen molar-refractivity contribution in [1.82, 2.24) is 9.97 Å². The summed E-state index contributed by atoms with van der Waals surface area (Å²) < 4.78 is 5.42. The third-order valence-electron chi connectivity index (χ3n) is 3.50. The fraction of sp³-hybridized carbons (Fsp3) is 0.150. The molecule has 1 aromatic heterocycles. The molecule has 0 amide bonds. The lowest BCUT2D eigenvalue weighted by molar-refractivity contribution is -0.133. The molecule has 0 aliphatic rings. The van der Waals surface area contributed by atoms with Crippen LogP contribution in [0.15, 0.2) is 60.7 Å². The Labute approximate surface area is 146 Å². The molecular formula is C20H19N3O2. The van der Waals surface area contributed by atoms with Gasteiger partial charge in [0.15, 0.2) is 0 Å². The first-order chi connectivity index (χ1) is 12.1. The van der Waals surface area contributed by atoms with Crippen molar-refractivity contribution in [3.8, 4) is 5.75 Å². The maximum Gasteiger partial charge on any atom is 0.315 e. The van der Waals surface area contributed by atoms with Crippen molar-refractivity contribution < 1.29 is 9.53 Å². The zero-order valence-corrected chi connectivity index (χ0v) is 14.2. The van der Waals surface area contributed by atoms with E-state index in [2.05, 4.69) is 15.3 Å². The van der Waals surface area contributed by atoms with Crippen molar-refractivity contribution in [1.29, 1.82) is 0 Å². The first-order valence-corrected chi connectivity index (χ1v) is 8.02. The minimum atomic E-state index is -0.300. The second-order valence-corrected chi connectivity index (χ2v) is 5.76. The predicted molar refractivity (Wildman–Crippen MR) is 97.0 cm³/mol. The van der Waals surface area contributed by atoms with Crippen molar-refractivity contribution in [2.24, 2.45) is 0 Å². The van der Waals surface area contributed by atoms with Crippen LogP contribution in [-0.2, 0) is 11.2 Å². The zero-order chi connectivity index (χ0) is 17.6. The number of rotatable bonds is 5. The average molecular weight is 333 g/mol. The SMILES string of the molecule is Cc1cc(C)nc(Nc2cccc(OC(=O)Cc3ccccc3)c2)n1. The summed E-state index contributed by atoms with van der Waals surface area (Å²) in [5.74, 6) is 0.701. The zero-order valence-electron chi connectivity index (χ0n) is 14.2. The van der Waals surface area contributed by atoms with Crippen LogP contribution in [0.2, 0.25) is 0 Å². The maximum absolute atomic E-state index is 12.1. The highest BCUT2D eigenvalue weighted by atomic mass is 16.5. The predicted octanol–water partition coefficient (Wildman–Crippen LogP) is 3.99. The largest absolute Gasteiger partial charge is 0.426 e. The Balaban J connectivity index is 1.67. The van der Waals surface area contributed by atoms with Crippen LogP contribution in [-0.4, -0.2) is 15.9 Å². The van der Waals surface area contributed by atoms with Gasteiger partial charge < -0.3 is 10.1 Å². The Morgan fingerprint density at radius 1 is 0.960 bits per heavy atom. The Morgan fingerprint density at radius 3 is 2.40 bits per heavy atom. The summed E-state index contributed by atoms with van der Waals surface area (Å²) in [7, 11) is 0. The van der Waals surface area contributed by atoms with Gasteiger partial charge in [0.25, 0.3) is 0 Å². The summed E-state index contributed by atoms with van der Waals surface area (Å²) in [5.41, 5.74) is 3.46. The number of hydrogen-bond acceptors (Lipinski definition) is 5. The van der Waals surface area contributed by atoms with Gasteiger partial charge in [-0.2, -0.15) is 0 Å². The minimum Gasteiger partial charge on any atom is -0.426 e. The van der Waals surface area contributed by atoms with Crippen LogP contribution in [0.1, 0.15) is 17.0 Å². The van der Waals surface area contributed by atoms with Gasteiger partial charge in [-0.05, 0) is 37.6 Å². The molecule has 3 aromatic rings. The molecule has 0 unspecified atom stereocenters. The maximum atomic E-state index is 12.1. The topological polar surface area (TPSA) is 64.1 Å². The van der Waals surface area contributed by atoms with E-state index >= 15 is 0 Å². The number of carbonyl (C=O) groups is 1.